The second-order valence-corrected chi connectivity index (χ2v) is 5.10. The predicted molar refractivity (Wildman–Crippen MR) is 87.5 cm³/mol. The normalized spacial score (nSPS) is 11.7. The minimum absolute atomic E-state index is 0.0615. The van der Waals surface area contributed by atoms with Gasteiger partial charge in [0.15, 0.2) is 0 Å². The van der Waals surface area contributed by atoms with Crippen molar-refractivity contribution < 1.29 is 19.1 Å². The second-order valence-electron chi connectivity index (χ2n) is 5.10. The third kappa shape index (κ3) is 5.67. The van der Waals surface area contributed by atoms with Gasteiger partial charge in [0.05, 0.1) is 19.4 Å². The molecule has 23 heavy (non-hydrogen) atoms. The van der Waals surface area contributed by atoms with E-state index in [1.54, 1.807) is 24.3 Å². The first-order valence-electron chi connectivity index (χ1n) is 7.68. The van der Waals surface area contributed by atoms with Crippen LogP contribution < -0.4 is 15.4 Å². The van der Waals surface area contributed by atoms with E-state index in [2.05, 4.69) is 17.6 Å². The smallest absolute Gasteiger partial charge is 0.319 e. The molecule has 1 atom stereocenters. The number of furan rings is 1. The van der Waals surface area contributed by atoms with Gasteiger partial charge in [-0.1, -0.05) is 19.4 Å². The zero-order valence-electron chi connectivity index (χ0n) is 13.1. The molecule has 2 aromatic rings. The van der Waals surface area contributed by atoms with Gasteiger partial charge < -0.3 is 24.9 Å². The molecule has 2 rings (SSSR count). The molecule has 0 radical (unpaired) electrons. The molecule has 0 spiro atoms. The number of carbonyl (C=O) groups is 1. The Hall–Kier alpha value is -2.47. The molecule has 0 saturated heterocycles. The van der Waals surface area contributed by atoms with Crippen LogP contribution in [0.25, 0.3) is 0 Å². The largest absolute Gasteiger partial charge is 0.494 e. The van der Waals surface area contributed by atoms with Crippen LogP contribution >= 0.6 is 0 Å². The fourth-order valence-electron chi connectivity index (χ4n) is 1.94. The topological polar surface area (TPSA) is 83.7 Å². The third-order valence-corrected chi connectivity index (χ3v) is 3.19. The molecule has 0 saturated carbocycles. The molecular formula is C17H22N2O4. The molecule has 1 aromatic heterocycles. The van der Waals surface area contributed by atoms with E-state index in [-0.39, 0.29) is 6.54 Å². The standard InChI is InChI=1S/C17H22N2O4/c1-2-3-9-22-14-7-4-6-13(11-14)19-17(21)18-12-15(20)16-8-5-10-23-16/h4-8,10-11,15,20H,2-3,9,12H2,1H3,(H2,18,19,21). The van der Waals surface area contributed by atoms with Gasteiger partial charge in [0, 0.05) is 11.8 Å². The van der Waals surface area contributed by atoms with Crippen molar-refractivity contribution in [2.24, 2.45) is 0 Å². The van der Waals surface area contributed by atoms with Gasteiger partial charge in [0.25, 0.3) is 0 Å². The summed E-state index contributed by atoms with van der Waals surface area (Å²) in [6, 6.07) is 10.1. The Morgan fingerprint density at radius 2 is 2.22 bits per heavy atom. The van der Waals surface area contributed by atoms with Crippen LogP contribution in [0.1, 0.15) is 31.6 Å². The van der Waals surface area contributed by atoms with Crippen molar-refractivity contribution in [3.8, 4) is 5.75 Å². The Labute approximate surface area is 135 Å². The molecule has 124 valence electrons. The van der Waals surface area contributed by atoms with Crippen molar-refractivity contribution >= 4 is 11.7 Å². The molecule has 6 nitrogen and oxygen atoms in total. The Morgan fingerprint density at radius 3 is 2.96 bits per heavy atom. The SMILES string of the molecule is CCCCOc1cccc(NC(=O)NCC(O)c2ccco2)c1. The lowest BCUT2D eigenvalue weighted by molar-refractivity contribution is 0.149. The summed E-state index contributed by atoms with van der Waals surface area (Å²) < 4.78 is 10.7. The summed E-state index contributed by atoms with van der Waals surface area (Å²) in [4.78, 5) is 11.9. The fraction of sp³-hybridized carbons (Fsp3) is 0.353. The quantitative estimate of drug-likeness (QED) is 0.652. The molecule has 0 fully saturated rings. The lowest BCUT2D eigenvalue weighted by Crippen LogP contribution is -2.32. The highest BCUT2D eigenvalue weighted by Crippen LogP contribution is 2.18. The summed E-state index contributed by atoms with van der Waals surface area (Å²) in [5.41, 5.74) is 0.629. The van der Waals surface area contributed by atoms with E-state index in [9.17, 15) is 9.90 Å². The molecule has 3 N–H and O–H groups in total. The summed E-state index contributed by atoms with van der Waals surface area (Å²) >= 11 is 0. The molecule has 1 heterocycles. The van der Waals surface area contributed by atoms with E-state index in [0.29, 0.717) is 23.8 Å². The number of rotatable bonds is 8. The first-order valence-corrected chi connectivity index (χ1v) is 7.68. The highest BCUT2D eigenvalue weighted by molar-refractivity contribution is 5.89. The van der Waals surface area contributed by atoms with E-state index in [4.69, 9.17) is 9.15 Å². The molecule has 1 aromatic carbocycles. The number of carbonyl (C=O) groups excluding carboxylic acids is 1. The van der Waals surface area contributed by atoms with E-state index >= 15 is 0 Å². The maximum Gasteiger partial charge on any atom is 0.319 e. The van der Waals surface area contributed by atoms with Crippen LogP contribution in [-0.2, 0) is 0 Å². The highest BCUT2D eigenvalue weighted by atomic mass is 16.5. The number of hydrogen-bond donors (Lipinski definition) is 3. The van der Waals surface area contributed by atoms with E-state index < -0.39 is 12.1 Å². The molecule has 6 heteroatoms. The number of aliphatic hydroxyl groups excluding tert-OH is 1. The number of amides is 2. The average Bonchev–Trinajstić information content (AvgIpc) is 3.08. The summed E-state index contributed by atoms with van der Waals surface area (Å²) in [5.74, 6) is 1.13. The van der Waals surface area contributed by atoms with Crippen LogP contribution in [0.15, 0.2) is 47.1 Å². The number of hydrogen-bond acceptors (Lipinski definition) is 4. The molecule has 1 unspecified atom stereocenters. The molecule has 0 aliphatic rings. The highest BCUT2D eigenvalue weighted by Gasteiger charge is 2.11. The molecule has 2 amide bonds. The van der Waals surface area contributed by atoms with Crippen molar-refractivity contribution in [3.05, 3.63) is 48.4 Å². The number of nitrogens with one attached hydrogen (secondary N) is 2. The maximum atomic E-state index is 11.9. The van der Waals surface area contributed by atoms with E-state index in [1.807, 2.05) is 12.1 Å². The second kappa shape index (κ2) is 8.85. The Balaban J connectivity index is 1.79. The summed E-state index contributed by atoms with van der Waals surface area (Å²) in [5, 5.41) is 15.1. The first-order chi connectivity index (χ1) is 11.2. The van der Waals surface area contributed by atoms with Crippen molar-refractivity contribution in [3.63, 3.8) is 0 Å². The monoisotopic (exact) mass is 318 g/mol. The number of unbranched alkanes of at least 4 members (excludes halogenated alkanes) is 1. The summed E-state index contributed by atoms with van der Waals surface area (Å²) in [7, 11) is 0. The van der Waals surface area contributed by atoms with Gasteiger partial charge in [0.1, 0.15) is 17.6 Å². The van der Waals surface area contributed by atoms with Gasteiger partial charge in [-0.3, -0.25) is 0 Å². The number of urea groups is 1. The van der Waals surface area contributed by atoms with Gasteiger partial charge >= 0.3 is 6.03 Å². The molecule has 0 bridgehead atoms. The van der Waals surface area contributed by atoms with Gasteiger partial charge in [-0.25, -0.2) is 4.79 Å². The molecule has 0 aliphatic heterocycles. The van der Waals surface area contributed by atoms with Crippen molar-refractivity contribution in [1.82, 2.24) is 5.32 Å². The zero-order valence-corrected chi connectivity index (χ0v) is 13.1. The van der Waals surface area contributed by atoms with Gasteiger partial charge in [-0.05, 0) is 30.7 Å². The van der Waals surface area contributed by atoms with Crippen LogP contribution in [0.3, 0.4) is 0 Å². The third-order valence-electron chi connectivity index (χ3n) is 3.19. The van der Waals surface area contributed by atoms with Crippen LogP contribution in [0.5, 0.6) is 5.75 Å². The van der Waals surface area contributed by atoms with Crippen LogP contribution in [0.2, 0.25) is 0 Å². The summed E-state index contributed by atoms with van der Waals surface area (Å²) in [6.45, 7) is 2.82. The van der Waals surface area contributed by atoms with E-state index in [1.165, 1.54) is 6.26 Å². The Bertz CT molecular complexity index is 598. The zero-order chi connectivity index (χ0) is 16.5. The number of ether oxygens (including phenoxy) is 1. The van der Waals surface area contributed by atoms with Crippen molar-refractivity contribution in [2.75, 3.05) is 18.5 Å². The number of benzene rings is 1. The Kier molecular flexibility index (Phi) is 6.50. The summed E-state index contributed by atoms with van der Waals surface area (Å²) in [6.07, 6.45) is 2.66. The van der Waals surface area contributed by atoms with Gasteiger partial charge in [-0.15, -0.1) is 0 Å². The van der Waals surface area contributed by atoms with Crippen LogP contribution in [0, 0.1) is 0 Å². The lowest BCUT2D eigenvalue weighted by atomic mass is 10.3. The van der Waals surface area contributed by atoms with Crippen molar-refractivity contribution in [1.29, 1.82) is 0 Å². The maximum absolute atomic E-state index is 11.9. The average molecular weight is 318 g/mol. The molecule has 0 aliphatic carbocycles. The molecular weight excluding hydrogens is 296 g/mol. The lowest BCUT2D eigenvalue weighted by Gasteiger charge is -2.12. The van der Waals surface area contributed by atoms with E-state index in [0.717, 1.165) is 12.8 Å². The minimum Gasteiger partial charge on any atom is -0.494 e. The minimum atomic E-state index is -0.875. The van der Waals surface area contributed by atoms with Crippen molar-refractivity contribution in [2.45, 2.75) is 25.9 Å². The fourth-order valence-corrected chi connectivity index (χ4v) is 1.94. The van der Waals surface area contributed by atoms with Crippen LogP contribution in [-0.4, -0.2) is 24.3 Å². The van der Waals surface area contributed by atoms with Gasteiger partial charge in [0.2, 0.25) is 0 Å². The van der Waals surface area contributed by atoms with Gasteiger partial charge in [-0.2, -0.15) is 0 Å². The Morgan fingerprint density at radius 1 is 1.35 bits per heavy atom. The number of aliphatic hydroxyl groups is 1. The number of anilines is 1. The van der Waals surface area contributed by atoms with Crippen LogP contribution in [0.4, 0.5) is 10.5 Å². The first kappa shape index (κ1) is 16.9. The predicted octanol–water partition coefficient (Wildman–Crippen LogP) is 3.31.